The second kappa shape index (κ2) is 10.1. The minimum Gasteiger partial charge on any atom is -0.480 e. The van der Waals surface area contributed by atoms with Gasteiger partial charge in [0, 0.05) is 6.42 Å². The van der Waals surface area contributed by atoms with Crippen molar-refractivity contribution in [2.75, 3.05) is 6.54 Å². The van der Waals surface area contributed by atoms with Crippen molar-refractivity contribution < 1.29 is 14.7 Å². The number of amides is 1. The Bertz CT molecular complexity index is 642. The van der Waals surface area contributed by atoms with E-state index >= 15 is 0 Å². The summed E-state index contributed by atoms with van der Waals surface area (Å²) in [6.45, 7) is 0.463. The lowest BCUT2D eigenvalue weighted by molar-refractivity contribution is -0.138. The van der Waals surface area contributed by atoms with E-state index in [0.717, 1.165) is 5.56 Å². The number of aryl methyl sites for hydroxylation is 1. The summed E-state index contributed by atoms with van der Waals surface area (Å²) < 4.78 is 0. The van der Waals surface area contributed by atoms with Crippen LogP contribution in [0.25, 0.3) is 0 Å². The summed E-state index contributed by atoms with van der Waals surface area (Å²) in [5.41, 5.74) is 17.8. The number of carboxylic acids is 1. The minimum atomic E-state index is -0.934. The van der Waals surface area contributed by atoms with Crippen molar-refractivity contribution in [2.45, 2.75) is 25.3 Å². The second-order valence-electron chi connectivity index (χ2n) is 5.10. The smallest absolute Gasteiger partial charge is 0.320 e. The average molecular weight is 333 g/mol. The standard InChI is InChI=1S/C10H13NO2.C6H10N4O/c11-9(10(12)13)7-6-8-4-2-1-3-5-8;7-2-1-4-5(6(8)11)10-3-9-4/h1-5,9H,6-7,11H2,(H,12,13);3H,1-2,7H2,(H2,8,11)(H,9,10)/t9-;/m0./s1. The van der Waals surface area contributed by atoms with E-state index in [2.05, 4.69) is 9.97 Å². The Labute approximate surface area is 140 Å². The Morgan fingerprint density at radius 3 is 2.42 bits per heavy atom. The molecule has 0 aliphatic carbocycles. The number of hydrogen-bond acceptors (Lipinski definition) is 5. The number of carboxylic acid groups (broad SMARTS) is 1. The number of aromatic nitrogens is 2. The number of carbonyl (C=O) groups is 2. The van der Waals surface area contributed by atoms with E-state index in [4.69, 9.17) is 22.3 Å². The molecule has 8 N–H and O–H groups in total. The first kappa shape index (κ1) is 19.3. The molecule has 0 fully saturated rings. The van der Waals surface area contributed by atoms with Gasteiger partial charge in [0.15, 0.2) is 0 Å². The molecule has 0 saturated heterocycles. The van der Waals surface area contributed by atoms with Crippen LogP contribution in [0.3, 0.4) is 0 Å². The number of benzene rings is 1. The monoisotopic (exact) mass is 333 g/mol. The molecular weight excluding hydrogens is 310 g/mol. The maximum atomic E-state index is 10.7. The predicted octanol–water partition coefficient (Wildman–Crippen LogP) is 0.0409. The molecule has 0 aliphatic rings. The zero-order valence-electron chi connectivity index (χ0n) is 13.3. The van der Waals surface area contributed by atoms with Crippen LogP contribution in [0, 0.1) is 0 Å². The SMILES string of the molecule is NCCc1nc[nH]c1C(N)=O.N[C@@H](CCc1ccccc1)C(=O)O. The molecule has 1 heterocycles. The summed E-state index contributed by atoms with van der Waals surface area (Å²) in [5.74, 6) is -1.43. The van der Waals surface area contributed by atoms with Gasteiger partial charge in [-0.15, -0.1) is 0 Å². The third kappa shape index (κ3) is 6.59. The molecule has 1 aromatic heterocycles. The molecule has 0 spiro atoms. The summed E-state index contributed by atoms with van der Waals surface area (Å²) in [7, 11) is 0. The van der Waals surface area contributed by atoms with E-state index in [1.165, 1.54) is 6.33 Å². The summed E-state index contributed by atoms with van der Waals surface area (Å²) in [4.78, 5) is 27.6. The van der Waals surface area contributed by atoms with Crippen molar-refractivity contribution in [3.8, 4) is 0 Å². The highest BCUT2D eigenvalue weighted by Crippen LogP contribution is 2.03. The van der Waals surface area contributed by atoms with Gasteiger partial charge in [-0.05, 0) is 24.9 Å². The number of aromatic amines is 1. The van der Waals surface area contributed by atoms with Crippen molar-refractivity contribution >= 4 is 11.9 Å². The second-order valence-corrected chi connectivity index (χ2v) is 5.10. The molecule has 0 radical (unpaired) electrons. The molecule has 8 nitrogen and oxygen atoms in total. The Balaban J connectivity index is 0.000000243. The summed E-state index contributed by atoms with van der Waals surface area (Å²) in [6, 6.07) is 8.98. The lowest BCUT2D eigenvalue weighted by Gasteiger charge is -2.05. The van der Waals surface area contributed by atoms with Crippen LogP contribution >= 0.6 is 0 Å². The fourth-order valence-electron chi connectivity index (χ4n) is 1.95. The molecule has 1 aromatic carbocycles. The van der Waals surface area contributed by atoms with E-state index in [-0.39, 0.29) is 0 Å². The Kier molecular flexibility index (Phi) is 8.17. The summed E-state index contributed by atoms with van der Waals surface area (Å²) >= 11 is 0. The molecule has 8 heteroatoms. The van der Waals surface area contributed by atoms with Crippen molar-refractivity contribution in [1.82, 2.24) is 9.97 Å². The van der Waals surface area contributed by atoms with Crippen LogP contribution in [0.15, 0.2) is 36.7 Å². The Morgan fingerprint density at radius 1 is 1.21 bits per heavy atom. The van der Waals surface area contributed by atoms with Crippen LogP contribution in [0.5, 0.6) is 0 Å². The lowest BCUT2D eigenvalue weighted by Crippen LogP contribution is -2.30. The zero-order chi connectivity index (χ0) is 17.9. The third-order valence-electron chi connectivity index (χ3n) is 3.25. The molecule has 24 heavy (non-hydrogen) atoms. The number of aliphatic carboxylic acids is 1. The number of rotatable bonds is 7. The average Bonchev–Trinajstić information content (AvgIpc) is 3.03. The molecule has 1 atom stereocenters. The first-order valence-corrected chi connectivity index (χ1v) is 7.50. The van der Waals surface area contributed by atoms with E-state index in [1.54, 1.807) is 0 Å². The van der Waals surface area contributed by atoms with E-state index in [9.17, 15) is 9.59 Å². The van der Waals surface area contributed by atoms with Crippen LogP contribution in [0.4, 0.5) is 0 Å². The van der Waals surface area contributed by atoms with E-state index < -0.39 is 17.9 Å². The van der Waals surface area contributed by atoms with Crippen LogP contribution in [0.1, 0.15) is 28.2 Å². The van der Waals surface area contributed by atoms with E-state index in [1.807, 2.05) is 30.3 Å². The van der Waals surface area contributed by atoms with Crippen LogP contribution < -0.4 is 17.2 Å². The summed E-state index contributed by atoms with van der Waals surface area (Å²) in [5, 5.41) is 8.54. The van der Waals surface area contributed by atoms with Gasteiger partial charge in [-0.1, -0.05) is 30.3 Å². The topological polar surface area (TPSA) is 161 Å². The molecule has 130 valence electrons. The molecular formula is C16H23N5O3. The van der Waals surface area contributed by atoms with E-state index in [0.29, 0.717) is 37.2 Å². The molecule has 0 aliphatic heterocycles. The van der Waals surface area contributed by atoms with Crippen molar-refractivity contribution in [2.24, 2.45) is 17.2 Å². The highest BCUT2D eigenvalue weighted by atomic mass is 16.4. The molecule has 0 unspecified atom stereocenters. The fourth-order valence-corrected chi connectivity index (χ4v) is 1.95. The Morgan fingerprint density at radius 2 is 1.88 bits per heavy atom. The van der Waals surface area contributed by atoms with Gasteiger partial charge in [-0.3, -0.25) is 9.59 Å². The van der Waals surface area contributed by atoms with Crippen molar-refractivity contribution in [3.05, 3.63) is 53.6 Å². The zero-order valence-corrected chi connectivity index (χ0v) is 13.3. The molecule has 0 bridgehead atoms. The van der Waals surface area contributed by atoms with Crippen molar-refractivity contribution in [1.29, 1.82) is 0 Å². The number of hydrogen-bond donors (Lipinski definition) is 5. The van der Waals surface area contributed by atoms with Crippen molar-refractivity contribution in [3.63, 3.8) is 0 Å². The normalized spacial score (nSPS) is 11.2. The third-order valence-corrected chi connectivity index (χ3v) is 3.25. The molecule has 1 amide bonds. The maximum absolute atomic E-state index is 10.7. The maximum Gasteiger partial charge on any atom is 0.320 e. The molecule has 2 aromatic rings. The van der Waals surface area contributed by atoms with Crippen LogP contribution in [-0.4, -0.2) is 39.5 Å². The first-order chi connectivity index (χ1) is 11.5. The van der Waals surface area contributed by atoms with Gasteiger partial charge >= 0.3 is 5.97 Å². The van der Waals surface area contributed by atoms with Gasteiger partial charge in [-0.2, -0.15) is 0 Å². The number of carbonyl (C=O) groups excluding carboxylic acids is 1. The minimum absolute atomic E-state index is 0.357. The first-order valence-electron chi connectivity index (χ1n) is 7.50. The fraction of sp³-hybridized carbons (Fsp3) is 0.312. The summed E-state index contributed by atoms with van der Waals surface area (Å²) in [6.07, 6.45) is 3.21. The van der Waals surface area contributed by atoms with Gasteiger partial charge in [-0.25, -0.2) is 4.98 Å². The number of nitrogens with one attached hydrogen (secondary N) is 1. The number of H-pyrrole nitrogens is 1. The number of imidazole rings is 1. The largest absolute Gasteiger partial charge is 0.480 e. The van der Waals surface area contributed by atoms with Gasteiger partial charge in [0.2, 0.25) is 0 Å². The molecule has 0 saturated carbocycles. The predicted molar refractivity (Wildman–Crippen MR) is 90.2 cm³/mol. The highest BCUT2D eigenvalue weighted by Gasteiger charge is 2.10. The van der Waals surface area contributed by atoms with Gasteiger partial charge in [0.1, 0.15) is 11.7 Å². The highest BCUT2D eigenvalue weighted by molar-refractivity contribution is 5.91. The Hall–Kier alpha value is -2.71. The van der Waals surface area contributed by atoms with Crippen LogP contribution in [0.2, 0.25) is 0 Å². The number of primary amides is 1. The quantitative estimate of drug-likeness (QED) is 0.480. The van der Waals surface area contributed by atoms with Crippen LogP contribution in [-0.2, 0) is 17.6 Å². The number of nitrogens with zero attached hydrogens (tertiary/aromatic N) is 1. The van der Waals surface area contributed by atoms with Gasteiger partial charge in [0.05, 0.1) is 12.0 Å². The lowest BCUT2D eigenvalue weighted by atomic mass is 10.1. The number of nitrogens with two attached hydrogens (primary N) is 3. The van der Waals surface area contributed by atoms with Gasteiger partial charge in [0.25, 0.3) is 5.91 Å². The molecule has 2 rings (SSSR count). The van der Waals surface area contributed by atoms with Gasteiger partial charge < -0.3 is 27.3 Å².